The lowest BCUT2D eigenvalue weighted by Gasteiger charge is -2.26. The van der Waals surface area contributed by atoms with E-state index in [1.165, 1.54) is 32.6 Å². The van der Waals surface area contributed by atoms with Crippen LogP contribution in [0.15, 0.2) is 0 Å². The first kappa shape index (κ1) is 14.9. The number of nitrogens with zero attached hydrogens (tertiary/aromatic N) is 2. The highest BCUT2D eigenvalue weighted by atomic mass is 16.3. The van der Waals surface area contributed by atoms with Crippen molar-refractivity contribution in [2.75, 3.05) is 32.7 Å². The molecule has 0 aromatic rings. The van der Waals surface area contributed by atoms with Gasteiger partial charge in [-0.2, -0.15) is 0 Å². The smallest absolute Gasteiger partial charge is 0.0538 e. The van der Waals surface area contributed by atoms with Crippen molar-refractivity contribution in [1.82, 2.24) is 9.80 Å². The molecule has 0 aromatic heterocycles. The third kappa shape index (κ3) is 4.94. The van der Waals surface area contributed by atoms with Crippen LogP contribution in [0.3, 0.4) is 0 Å². The van der Waals surface area contributed by atoms with Crippen LogP contribution in [0.2, 0.25) is 0 Å². The first-order valence-electron chi connectivity index (χ1n) is 7.35. The Bertz CT molecular complexity index is 195. The van der Waals surface area contributed by atoms with Crippen molar-refractivity contribution in [3.8, 4) is 0 Å². The number of aliphatic hydroxyl groups is 1. The van der Waals surface area contributed by atoms with Crippen molar-refractivity contribution in [2.45, 2.75) is 58.6 Å². The van der Waals surface area contributed by atoms with Crippen LogP contribution in [0.25, 0.3) is 0 Å². The number of hydrogen-bond donors (Lipinski definition) is 1. The van der Waals surface area contributed by atoms with E-state index in [0.29, 0.717) is 0 Å². The second-order valence-electron chi connectivity index (χ2n) is 5.17. The minimum atomic E-state index is -0.0869. The van der Waals surface area contributed by atoms with Crippen molar-refractivity contribution in [3.05, 3.63) is 0 Å². The van der Waals surface area contributed by atoms with Gasteiger partial charge in [-0.3, -0.25) is 4.90 Å². The number of hydrogen-bond acceptors (Lipinski definition) is 3. The molecule has 0 radical (unpaired) electrons. The molecule has 1 N–H and O–H groups in total. The van der Waals surface area contributed by atoms with E-state index in [-0.39, 0.29) is 6.10 Å². The molecular weight excluding hydrogens is 212 g/mol. The van der Waals surface area contributed by atoms with Gasteiger partial charge in [0.25, 0.3) is 0 Å². The number of rotatable bonds is 8. The lowest BCUT2D eigenvalue weighted by Crippen LogP contribution is -2.37. The van der Waals surface area contributed by atoms with Crippen LogP contribution < -0.4 is 0 Å². The summed E-state index contributed by atoms with van der Waals surface area (Å²) in [7, 11) is 0. The molecule has 0 aliphatic carbocycles. The molecular formula is C14H30N2O. The average Bonchev–Trinajstić information content (AvgIpc) is 2.79. The zero-order valence-corrected chi connectivity index (χ0v) is 11.9. The molecule has 0 spiro atoms. The topological polar surface area (TPSA) is 26.7 Å². The fraction of sp³-hybridized carbons (Fsp3) is 1.00. The quantitative estimate of drug-likeness (QED) is 0.705. The summed E-state index contributed by atoms with van der Waals surface area (Å²) in [6.45, 7) is 12.5. The maximum atomic E-state index is 9.52. The molecule has 1 saturated heterocycles. The summed E-state index contributed by atoms with van der Waals surface area (Å²) in [5.41, 5.74) is 0. The molecule has 2 atom stereocenters. The van der Waals surface area contributed by atoms with E-state index in [2.05, 4.69) is 30.6 Å². The van der Waals surface area contributed by atoms with Crippen molar-refractivity contribution >= 4 is 0 Å². The molecule has 0 bridgehead atoms. The van der Waals surface area contributed by atoms with Gasteiger partial charge in [0.1, 0.15) is 0 Å². The Kier molecular flexibility index (Phi) is 7.09. The molecule has 17 heavy (non-hydrogen) atoms. The molecule has 2 unspecified atom stereocenters. The zero-order valence-electron chi connectivity index (χ0n) is 11.9. The summed E-state index contributed by atoms with van der Waals surface area (Å²) in [4.78, 5) is 5.13. The van der Waals surface area contributed by atoms with Gasteiger partial charge in [0.05, 0.1) is 6.10 Å². The van der Waals surface area contributed by atoms with Crippen LogP contribution in [0.4, 0.5) is 0 Å². The van der Waals surface area contributed by atoms with Crippen LogP contribution in [-0.2, 0) is 0 Å². The van der Waals surface area contributed by atoms with E-state index in [1.807, 2.05) is 0 Å². The minimum Gasteiger partial charge on any atom is -0.393 e. The second-order valence-corrected chi connectivity index (χ2v) is 5.17. The van der Waals surface area contributed by atoms with Crippen LogP contribution in [0.5, 0.6) is 0 Å². The highest BCUT2D eigenvalue weighted by Crippen LogP contribution is 2.16. The maximum absolute atomic E-state index is 9.52. The Morgan fingerprint density at radius 1 is 1.29 bits per heavy atom. The van der Waals surface area contributed by atoms with Gasteiger partial charge in [0.2, 0.25) is 0 Å². The highest BCUT2D eigenvalue weighted by molar-refractivity contribution is 4.82. The SMILES string of the molecule is CCC(O)CCCN1CCC(N(CC)CC)C1. The second kappa shape index (κ2) is 8.06. The molecule has 1 fully saturated rings. The van der Waals surface area contributed by atoms with Gasteiger partial charge in [-0.25, -0.2) is 0 Å². The first-order chi connectivity index (χ1) is 8.21. The molecule has 3 nitrogen and oxygen atoms in total. The van der Waals surface area contributed by atoms with Crippen molar-refractivity contribution < 1.29 is 5.11 Å². The molecule has 0 saturated carbocycles. The zero-order chi connectivity index (χ0) is 12.7. The van der Waals surface area contributed by atoms with Crippen LogP contribution in [0.1, 0.15) is 46.5 Å². The standard InChI is InChI=1S/C14H30N2O/c1-4-14(17)8-7-10-15-11-9-13(12-15)16(5-2)6-3/h13-14,17H,4-12H2,1-3H3. The van der Waals surface area contributed by atoms with Gasteiger partial charge < -0.3 is 10.0 Å². The molecule has 3 heteroatoms. The third-order valence-electron chi connectivity index (χ3n) is 4.06. The molecule has 1 rings (SSSR count). The van der Waals surface area contributed by atoms with E-state index >= 15 is 0 Å². The summed E-state index contributed by atoms with van der Waals surface area (Å²) in [5, 5.41) is 9.52. The van der Waals surface area contributed by atoms with Gasteiger partial charge in [-0.05, 0) is 51.9 Å². The Morgan fingerprint density at radius 2 is 2.00 bits per heavy atom. The molecule has 0 amide bonds. The summed E-state index contributed by atoms with van der Waals surface area (Å²) in [6, 6.07) is 0.765. The monoisotopic (exact) mass is 242 g/mol. The fourth-order valence-corrected chi connectivity index (χ4v) is 2.81. The fourth-order valence-electron chi connectivity index (χ4n) is 2.81. The molecule has 0 aromatic carbocycles. The van der Waals surface area contributed by atoms with Gasteiger partial charge in [0, 0.05) is 12.6 Å². The predicted octanol–water partition coefficient (Wildman–Crippen LogP) is 1.95. The molecule has 1 aliphatic heterocycles. The van der Waals surface area contributed by atoms with Crippen molar-refractivity contribution in [2.24, 2.45) is 0 Å². The van der Waals surface area contributed by atoms with Gasteiger partial charge in [-0.1, -0.05) is 20.8 Å². The van der Waals surface area contributed by atoms with E-state index in [1.54, 1.807) is 0 Å². The predicted molar refractivity (Wildman–Crippen MR) is 73.3 cm³/mol. The Morgan fingerprint density at radius 3 is 2.59 bits per heavy atom. The minimum absolute atomic E-state index is 0.0869. The van der Waals surface area contributed by atoms with E-state index < -0.39 is 0 Å². The lowest BCUT2D eigenvalue weighted by atomic mass is 10.1. The van der Waals surface area contributed by atoms with E-state index in [4.69, 9.17) is 0 Å². The summed E-state index contributed by atoms with van der Waals surface area (Å²) < 4.78 is 0. The largest absolute Gasteiger partial charge is 0.393 e. The lowest BCUT2D eigenvalue weighted by molar-refractivity contribution is 0.150. The van der Waals surface area contributed by atoms with Crippen molar-refractivity contribution in [3.63, 3.8) is 0 Å². The Labute approximate surface area is 107 Å². The molecule has 102 valence electrons. The molecule has 1 aliphatic rings. The summed E-state index contributed by atoms with van der Waals surface area (Å²) in [6.07, 6.45) is 4.22. The average molecular weight is 242 g/mol. The molecule has 1 heterocycles. The van der Waals surface area contributed by atoms with E-state index in [9.17, 15) is 5.11 Å². The summed E-state index contributed by atoms with van der Waals surface area (Å²) in [5.74, 6) is 0. The number of likely N-dealkylation sites (tertiary alicyclic amines) is 1. The van der Waals surface area contributed by atoms with Gasteiger partial charge in [0.15, 0.2) is 0 Å². The van der Waals surface area contributed by atoms with Crippen LogP contribution >= 0.6 is 0 Å². The maximum Gasteiger partial charge on any atom is 0.0538 e. The van der Waals surface area contributed by atoms with Crippen LogP contribution in [0, 0.1) is 0 Å². The Hall–Kier alpha value is -0.120. The highest BCUT2D eigenvalue weighted by Gasteiger charge is 2.25. The normalized spacial score (nSPS) is 23.5. The van der Waals surface area contributed by atoms with Crippen LogP contribution in [-0.4, -0.2) is 59.8 Å². The third-order valence-corrected chi connectivity index (χ3v) is 4.06. The van der Waals surface area contributed by atoms with Gasteiger partial charge in [-0.15, -0.1) is 0 Å². The van der Waals surface area contributed by atoms with Gasteiger partial charge >= 0.3 is 0 Å². The number of aliphatic hydroxyl groups excluding tert-OH is 1. The van der Waals surface area contributed by atoms with E-state index in [0.717, 1.165) is 31.8 Å². The number of likely N-dealkylation sites (N-methyl/N-ethyl adjacent to an activating group) is 1. The summed E-state index contributed by atoms with van der Waals surface area (Å²) >= 11 is 0. The first-order valence-corrected chi connectivity index (χ1v) is 7.35. The van der Waals surface area contributed by atoms with Crippen molar-refractivity contribution in [1.29, 1.82) is 0 Å². The Balaban J connectivity index is 2.17.